The van der Waals surface area contributed by atoms with Gasteiger partial charge in [0.1, 0.15) is 29.5 Å². The van der Waals surface area contributed by atoms with Crippen molar-refractivity contribution >= 4 is 46.7 Å². The van der Waals surface area contributed by atoms with E-state index in [1.807, 2.05) is 6.07 Å². The van der Waals surface area contributed by atoms with Crippen molar-refractivity contribution in [3.8, 4) is 5.75 Å². The predicted molar refractivity (Wildman–Crippen MR) is 194 cm³/mol. The van der Waals surface area contributed by atoms with E-state index in [1.165, 1.54) is 11.1 Å². The summed E-state index contributed by atoms with van der Waals surface area (Å²) in [6.45, 7) is 10.5. The normalized spacial score (nSPS) is 15.4. The van der Waals surface area contributed by atoms with Gasteiger partial charge in [-0.1, -0.05) is 26.0 Å². The lowest BCUT2D eigenvalue weighted by Crippen LogP contribution is -2.56. The number of para-hydroxylation sites is 1. The number of aromatic nitrogens is 1. The van der Waals surface area contributed by atoms with Gasteiger partial charge in [-0.2, -0.15) is 0 Å². The Balaban J connectivity index is 1.41. The van der Waals surface area contributed by atoms with E-state index in [-0.39, 0.29) is 64.9 Å². The molecule has 3 atom stereocenters. The number of pyridine rings is 1. The first-order valence-corrected chi connectivity index (χ1v) is 18.0. The van der Waals surface area contributed by atoms with Gasteiger partial charge in [0.05, 0.1) is 51.6 Å². The zero-order chi connectivity index (χ0) is 39.7. The Labute approximate surface area is 314 Å². The lowest BCUT2D eigenvalue weighted by atomic mass is 10.0. The van der Waals surface area contributed by atoms with Crippen molar-refractivity contribution in [1.82, 2.24) is 25.8 Å². The first kappa shape index (κ1) is 43.5. The topological polar surface area (TPSA) is 221 Å². The van der Waals surface area contributed by atoms with Crippen molar-refractivity contribution in [2.45, 2.75) is 84.0 Å². The largest absolute Gasteiger partial charge is 0.481 e. The zero-order valence-electron chi connectivity index (χ0n) is 31.6. The van der Waals surface area contributed by atoms with Gasteiger partial charge in [0.15, 0.2) is 0 Å². The molecule has 0 bridgehead atoms. The average molecular weight is 760 g/mol. The van der Waals surface area contributed by atoms with Gasteiger partial charge in [-0.25, -0.2) is 9.59 Å². The molecule has 298 valence electrons. The molecular formula is C37H53N5O12. The minimum Gasteiger partial charge on any atom is -0.481 e. The van der Waals surface area contributed by atoms with Gasteiger partial charge in [0, 0.05) is 31.1 Å². The molecule has 0 radical (unpaired) electrons. The lowest BCUT2D eigenvalue weighted by molar-refractivity contribution is -0.147. The van der Waals surface area contributed by atoms with Crippen LogP contribution in [-0.4, -0.2) is 127 Å². The number of aliphatic carboxylic acids is 1. The zero-order valence-corrected chi connectivity index (χ0v) is 31.6. The third kappa shape index (κ3) is 14.9. The molecule has 17 heteroatoms. The molecule has 3 rings (SSSR count). The van der Waals surface area contributed by atoms with Gasteiger partial charge in [-0.05, 0) is 57.7 Å². The highest BCUT2D eigenvalue weighted by Gasteiger charge is 2.40. The van der Waals surface area contributed by atoms with Gasteiger partial charge >= 0.3 is 18.0 Å². The number of likely N-dealkylation sites (tertiary alicyclic amines) is 1. The number of carbonyl (C=O) groups is 6. The molecule has 1 aromatic heterocycles. The maximum Gasteiger partial charge on any atom is 0.407 e. The van der Waals surface area contributed by atoms with E-state index in [2.05, 4.69) is 20.9 Å². The van der Waals surface area contributed by atoms with Crippen molar-refractivity contribution < 1.29 is 57.6 Å². The van der Waals surface area contributed by atoms with Gasteiger partial charge in [-0.15, -0.1) is 0 Å². The summed E-state index contributed by atoms with van der Waals surface area (Å²) in [5, 5.41) is 17.9. The summed E-state index contributed by atoms with van der Waals surface area (Å²) < 4.78 is 27.0. The molecule has 1 aliphatic rings. The molecule has 0 spiro atoms. The first-order valence-electron chi connectivity index (χ1n) is 18.0. The number of carboxylic acids is 1. The number of carbonyl (C=O) groups excluding carboxylic acids is 5. The summed E-state index contributed by atoms with van der Waals surface area (Å²) in [4.78, 5) is 81.8. The van der Waals surface area contributed by atoms with Crippen LogP contribution in [0.4, 0.5) is 4.79 Å². The molecule has 1 aliphatic heterocycles. The highest BCUT2D eigenvalue weighted by molar-refractivity contribution is 5.96. The number of ether oxygens (including phenoxy) is 5. The highest BCUT2D eigenvalue weighted by atomic mass is 16.6. The van der Waals surface area contributed by atoms with Crippen LogP contribution in [0.3, 0.4) is 0 Å². The predicted octanol–water partition coefficient (Wildman–Crippen LogP) is 2.20. The number of alkyl carbamates (subject to hydrolysis) is 1. The highest BCUT2D eigenvalue weighted by Crippen LogP contribution is 2.25. The number of fused-ring (bicyclic) bond motifs is 1. The monoisotopic (exact) mass is 759 g/mol. The summed E-state index contributed by atoms with van der Waals surface area (Å²) in [5.41, 5.74) is 0.0561. The Kier molecular flexibility index (Phi) is 17.5. The first-order chi connectivity index (χ1) is 25.7. The van der Waals surface area contributed by atoms with Crippen molar-refractivity contribution in [3.05, 3.63) is 36.5 Å². The number of benzene rings is 1. The van der Waals surface area contributed by atoms with E-state index in [4.69, 9.17) is 23.7 Å². The number of esters is 1. The van der Waals surface area contributed by atoms with E-state index >= 15 is 0 Å². The fourth-order valence-electron chi connectivity index (χ4n) is 5.47. The van der Waals surface area contributed by atoms with Gasteiger partial charge in [0.25, 0.3) is 0 Å². The molecule has 2 heterocycles. The van der Waals surface area contributed by atoms with Crippen molar-refractivity contribution in [1.29, 1.82) is 0 Å². The summed E-state index contributed by atoms with van der Waals surface area (Å²) in [5.74, 6) is -3.98. The Morgan fingerprint density at radius 2 is 1.59 bits per heavy atom. The quantitative estimate of drug-likeness (QED) is 0.106. The van der Waals surface area contributed by atoms with Crippen LogP contribution in [0.2, 0.25) is 0 Å². The Morgan fingerprint density at radius 1 is 0.926 bits per heavy atom. The van der Waals surface area contributed by atoms with E-state index in [9.17, 15) is 33.9 Å². The molecule has 1 fully saturated rings. The molecule has 1 aromatic carbocycles. The number of amides is 4. The van der Waals surface area contributed by atoms with Crippen LogP contribution in [0, 0.1) is 5.92 Å². The minimum absolute atomic E-state index is 0.00721. The molecule has 0 saturated carbocycles. The molecule has 4 amide bonds. The minimum atomic E-state index is -1.42. The van der Waals surface area contributed by atoms with Crippen molar-refractivity contribution in [2.24, 2.45) is 5.92 Å². The fraction of sp³-hybridized carbons (Fsp3) is 0.595. The number of rotatable bonds is 21. The van der Waals surface area contributed by atoms with Gasteiger partial charge in [-0.3, -0.25) is 24.2 Å². The number of nitrogens with one attached hydrogen (secondary N) is 3. The molecule has 2 aromatic rings. The second-order valence-electron chi connectivity index (χ2n) is 13.9. The molecule has 0 aliphatic carbocycles. The Morgan fingerprint density at radius 3 is 2.26 bits per heavy atom. The third-order valence-electron chi connectivity index (χ3n) is 8.02. The molecule has 17 nitrogen and oxygen atoms in total. The molecule has 4 N–H and O–H groups in total. The van der Waals surface area contributed by atoms with Crippen LogP contribution in [0.5, 0.6) is 5.75 Å². The van der Waals surface area contributed by atoms with E-state index in [0.717, 1.165) is 0 Å². The van der Waals surface area contributed by atoms with Crippen LogP contribution in [0.25, 0.3) is 10.9 Å². The van der Waals surface area contributed by atoms with Crippen LogP contribution in [0.15, 0.2) is 36.5 Å². The van der Waals surface area contributed by atoms with Gasteiger partial charge < -0.3 is 49.6 Å². The number of hydrogen-bond acceptors (Lipinski definition) is 12. The van der Waals surface area contributed by atoms with E-state index < -0.39 is 65.9 Å². The number of hydrogen-bond donors (Lipinski definition) is 4. The van der Waals surface area contributed by atoms with Crippen LogP contribution < -0.4 is 20.7 Å². The lowest BCUT2D eigenvalue weighted by Gasteiger charge is -2.30. The second kappa shape index (κ2) is 21.7. The summed E-state index contributed by atoms with van der Waals surface area (Å²) in [7, 11) is 0. The second-order valence-corrected chi connectivity index (χ2v) is 13.9. The van der Waals surface area contributed by atoms with E-state index in [1.54, 1.807) is 58.9 Å². The average Bonchev–Trinajstić information content (AvgIpc) is 3.60. The maximum atomic E-state index is 13.6. The van der Waals surface area contributed by atoms with Crippen LogP contribution >= 0.6 is 0 Å². The third-order valence-corrected chi connectivity index (χ3v) is 8.02. The Hall–Kier alpha value is -4.87. The molecular weight excluding hydrogens is 706 g/mol. The van der Waals surface area contributed by atoms with Crippen LogP contribution in [0.1, 0.15) is 60.3 Å². The molecule has 54 heavy (non-hydrogen) atoms. The fourth-order valence-corrected chi connectivity index (χ4v) is 5.47. The standard InChI is InChI=1S/C37H53N5O12/c1-24(2)32(35(48)53-29-12-14-38-26-10-7-6-9-25(26)29)41-33(46)28-11-8-16-42(28)34(47)27(23-31(44)45)40-30(43)13-17-50-19-21-52-22-20-51-18-15-39-36(49)54-37(3,4)5/h6-7,9-10,12,14,24,27-28,32H,8,11,13,15-23H2,1-5H3,(H,39,49)(H,40,43)(H,41,46)(H,44,45)/t27-,28-,32-/m0/s1. The molecule has 0 unspecified atom stereocenters. The number of nitrogens with zero attached hydrogens (tertiary/aromatic N) is 2. The summed E-state index contributed by atoms with van der Waals surface area (Å²) >= 11 is 0. The van der Waals surface area contributed by atoms with E-state index in [0.29, 0.717) is 29.7 Å². The summed E-state index contributed by atoms with van der Waals surface area (Å²) in [6, 6.07) is 5.27. The van der Waals surface area contributed by atoms with Crippen molar-refractivity contribution in [2.75, 3.05) is 52.7 Å². The van der Waals surface area contributed by atoms with Crippen LogP contribution in [-0.2, 0) is 42.9 Å². The Bertz CT molecular complexity index is 1570. The maximum absolute atomic E-state index is 13.6. The summed E-state index contributed by atoms with van der Waals surface area (Å²) in [6.07, 6.45) is 0.907. The van der Waals surface area contributed by atoms with Gasteiger partial charge in [0.2, 0.25) is 17.7 Å². The molecule has 1 saturated heterocycles. The number of carboxylic acid groups (broad SMARTS) is 1. The SMILES string of the molecule is CC(C)[C@H](NC(=O)[C@@H]1CCCN1C(=O)[C@H](CC(=O)O)NC(=O)CCOCCOCCOCCNC(=O)OC(C)(C)C)C(=O)Oc1ccnc2ccccc12. The smallest absolute Gasteiger partial charge is 0.407 e. The van der Waals surface area contributed by atoms with Crippen molar-refractivity contribution in [3.63, 3.8) is 0 Å².